The lowest BCUT2D eigenvalue weighted by atomic mass is 9.76. The monoisotopic (exact) mass is 198 g/mol. The zero-order chi connectivity index (χ0) is 11.6. The van der Waals surface area contributed by atoms with Crippen molar-refractivity contribution >= 4 is 0 Å². The first kappa shape index (κ1) is 13.4. The Morgan fingerprint density at radius 3 is 1.86 bits per heavy atom. The Morgan fingerprint density at radius 1 is 1.21 bits per heavy atom. The number of alkyl halides is 1. The van der Waals surface area contributed by atoms with Crippen LogP contribution in [0.4, 0.5) is 4.39 Å². The highest BCUT2D eigenvalue weighted by molar-refractivity contribution is 5.22. The minimum atomic E-state index is -1.21. The number of rotatable bonds is 4. The molecule has 0 amide bonds. The van der Waals surface area contributed by atoms with Gasteiger partial charge in [-0.2, -0.15) is 0 Å². The maximum Gasteiger partial charge on any atom is 0.114 e. The van der Waals surface area contributed by atoms with Gasteiger partial charge in [0.05, 0.1) is 0 Å². The fourth-order valence-corrected chi connectivity index (χ4v) is 1.05. The van der Waals surface area contributed by atoms with E-state index in [0.29, 0.717) is 5.92 Å². The van der Waals surface area contributed by atoms with E-state index < -0.39 is 11.1 Å². The minimum Gasteiger partial charge on any atom is -0.244 e. The van der Waals surface area contributed by atoms with Gasteiger partial charge in [-0.3, -0.25) is 0 Å². The maximum atomic E-state index is 13.8. The predicted molar refractivity (Wildman–Crippen MR) is 62.1 cm³/mol. The van der Waals surface area contributed by atoms with Crippen LogP contribution in [0.15, 0.2) is 24.3 Å². The van der Waals surface area contributed by atoms with Crippen LogP contribution in [-0.4, -0.2) is 5.67 Å². The highest BCUT2D eigenvalue weighted by atomic mass is 19.1. The molecule has 0 aromatic carbocycles. The fourth-order valence-electron chi connectivity index (χ4n) is 1.05. The van der Waals surface area contributed by atoms with Crippen LogP contribution >= 0.6 is 0 Å². The van der Waals surface area contributed by atoms with E-state index >= 15 is 0 Å². The third kappa shape index (κ3) is 3.28. The predicted octanol–water partition coefficient (Wildman–Crippen LogP) is 4.53. The first-order valence-corrected chi connectivity index (χ1v) is 5.16. The highest BCUT2D eigenvalue weighted by Crippen LogP contribution is 2.37. The minimum absolute atomic E-state index is 0.397. The molecule has 0 nitrogen and oxygen atoms in total. The summed E-state index contributed by atoms with van der Waals surface area (Å²) in [6.45, 7) is 15.0. The molecule has 0 unspecified atom stereocenters. The lowest BCUT2D eigenvalue weighted by Gasteiger charge is -2.33. The van der Waals surface area contributed by atoms with Crippen molar-refractivity contribution in [2.24, 2.45) is 11.3 Å². The number of allylic oxidation sites excluding steroid dienone is 3. The smallest absolute Gasteiger partial charge is 0.114 e. The molecule has 82 valence electrons. The summed E-state index contributed by atoms with van der Waals surface area (Å²) in [6, 6.07) is 0. The molecule has 0 aliphatic rings. The molecule has 0 aliphatic heterocycles. The van der Waals surface area contributed by atoms with Crippen molar-refractivity contribution in [1.82, 2.24) is 0 Å². The quantitative estimate of drug-likeness (QED) is 0.582. The lowest BCUT2D eigenvalue weighted by molar-refractivity contribution is 0.0909. The molecule has 0 aliphatic carbocycles. The fraction of sp³-hybridized carbons (Fsp3) is 0.692. The molecule has 0 radical (unpaired) electrons. The van der Waals surface area contributed by atoms with Gasteiger partial charge in [-0.05, 0) is 25.3 Å². The zero-order valence-corrected chi connectivity index (χ0v) is 10.3. The van der Waals surface area contributed by atoms with Gasteiger partial charge in [0, 0.05) is 5.41 Å². The molecular weight excluding hydrogens is 175 g/mol. The van der Waals surface area contributed by atoms with E-state index in [1.807, 2.05) is 26.0 Å². The van der Waals surface area contributed by atoms with Crippen molar-refractivity contribution in [2.45, 2.75) is 47.2 Å². The van der Waals surface area contributed by atoms with Gasteiger partial charge in [0.2, 0.25) is 0 Å². The highest BCUT2D eigenvalue weighted by Gasteiger charge is 2.35. The van der Waals surface area contributed by atoms with Gasteiger partial charge in [-0.15, -0.1) is 0 Å². The van der Waals surface area contributed by atoms with Crippen LogP contribution in [0.2, 0.25) is 0 Å². The third-order valence-corrected chi connectivity index (χ3v) is 2.96. The molecule has 0 fully saturated rings. The Morgan fingerprint density at radius 2 is 1.64 bits per heavy atom. The SMILES string of the molecule is C=C/C(=C\C(C)(C)C(C)(C)F)C(C)C. The Kier molecular flexibility index (Phi) is 4.11. The summed E-state index contributed by atoms with van der Waals surface area (Å²) in [4.78, 5) is 0. The van der Waals surface area contributed by atoms with Crippen molar-refractivity contribution in [3.05, 3.63) is 24.3 Å². The maximum absolute atomic E-state index is 13.8. The molecule has 0 aromatic rings. The van der Waals surface area contributed by atoms with Crippen molar-refractivity contribution in [2.75, 3.05) is 0 Å². The molecule has 0 atom stereocenters. The van der Waals surface area contributed by atoms with Crippen LogP contribution in [0, 0.1) is 11.3 Å². The zero-order valence-electron chi connectivity index (χ0n) is 10.3. The molecule has 0 saturated carbocycles. The molecule has 1 heteroatoms. The van der Waals surface area contributed by atoms with Crippen LogP contribution in [-0.2, 0) is 0 Å². The van der Waals surface area contributed by atoms with Crippen LogP contribution in [0.25, 0.3) is 0 Å². The first-order chi connectivity index (χ1) is 6.12. The molecule has 0 saturated heterocycles. The van der Waals surface area contributed by atoms with Crippen molar-refractivity contribution in [3.63, 3.8) is 0 Å². The summed E-state index contributed by atoms with van der Waals surface area (Å²) in [6.07, 6.45) is 3.81. The second kappa shape index (κ2) is 4.29. The summed E-state index contributed by atoms with van der Waals surface area (Å²) in [5.74, 6) is 0.397. The van der Waals surface area contributed by atoms with E-state index in [2.05, 4.69) is 20.4 Å². The van der Waals surface area contributed by atoms with Gasteiger partial charge in [0.15, 0.2) is 0 Å². The van der Waals surface area contributed by atoms with Crippen LogP contribution in [0.3, 0.4) is 0 Å². The second-order valence-corrected chi connectivity index (χ2v) is 5.20. The molecule has 14 heavy (non-hydrogen) atoms. The van der Waals surface area contributed by atoms with Crippen molar-refractivity contribution in [3.8, 4) is 0 Å². The first-order valence-electron chi connectivity index (χ1n) is 5.16. The number of hydrogen-bond acceptors (Lipinski definition) is 0. The molecule has 0 rings (SSSR count). The van der Waals surface area contributed by atoms with Crippen molar-refractivity contribution < 1.29 is 4.39 Å². The molecule has 0 bridgehead atoms. The van der Waals surface area contributed by atoms with Gasteiger partial charge < -0.3 is 0 Å². The van der Waals surface area contributed by atoms with E-state index in [0.717, 1.165) is 5.57 Å². The Bertz CT molecular complexity index is 226. The largest absolute Gasteiger partial charge is 0.244 e. The summed E-state index contributed by atoms with van der Waals surface area (Å²) in [5.41, 5.74) is -0.558. The van der Waals surface area contributed by atoms with Gasteiger partial charge in [-0.1, -0.05) is 46.4 Å². The second-order valence-electron chi connectivity index (χ2n) is 5.20. The lowest BCUT2D eigenvalue weighted by Crippen LogP contribution is -2.33. The normalized spacial score (nSPS) is 14.7. The van der Waals surface area contributed by atoms with E-state index in [1.165, 1.54) is 0 Å². The van der Waals surface area contributed by atoms with E-state index in [4.69, 9.17) is 0 Å². The molecule has 0 spiro atoms. The van der Waals surface area contributed by atoms with Crippen LogP contribution in [0.1, 0.15) is 41.5 Å². The van der Waals surface area contributed by atoms with Gasteiger partial charge in [0.1, 0.15) is 5.67 Å². The molecule has 0 aromatic heterocycles. The van der Waals surface area contributed by atoms with Crippen LogP contribution < -0.4 is 0 Å². The van der Waals surface area contributed by atoms with Gasteiger partial charge in [0.25, 0.3) is 0 Å². The average molecular weight is 198 g/mol. The summed E-state index contributed by atoms with van der Waals surface area (Å²) >= 11 is 0. The van der Waals surface area contributed by atoms with E-state index in [9.17, 15) is 4.39 Å². The summed E-state index contributed by atoms with van der Waals surface area (Å²) in [7, 11) is 0. The Balaban J connectivity index is 5.03. The number of halogens is 1. The summed E-state index contributed by atoms with van der Waals surface area (Å²) < 4.78 is 13.8. The van der Waals surface area contributed by atoms with E-state index in [-0.39, 0.29) is 0 Å². The molecule has 0 N–H and O–H groups in total. The van der Waals surface area contributed by atoms with Crippen LogP contribution in [0.5, 0.6) is 0 Å². The molecular formula is C13H23F. The Hall–Kier alpha value is -0.590. The summed E-state index contributed by atoms with van der Waals surface area (Å²) in [5, 5.41) is 0. The van der Waals surface area contributed by atoms with E-state index in [1.54, 1.807) is 13.8 Å². The van der Waals surface area contributed by atoms with Crippen molar-refractivity contribution in [1.29, 1.82) is 0 Å². The standard InChI is InChI=1S/C13H23F/c1-8-11(10(2)3)9-12(4,5)13(6,7)14/h8-10H,1H2,2-7H3/b11-9+. The third-order valence-electron chi connectivity index (χ3n) is 2.96. The van der Waals surface area contributed by atoms with Gasteiger partial charge >= 0.3 is 0 Å². The number of hydrogen-bond donors (Lipinski definition) is 0. The molecule has 0 heterocycles. The topological polar surface area (TPSA) is 0 Å². The van der Waals surface area contributed by atoms with Gasteiger partial charge in [-0.25, -0.2) is 4.39 Å². The average Bonchev–Trinajstić information content (AvgIpc) is 1.97. The Labute approximate surface area is 87.9 Å².